The van der Waals surface area contributed by atoms with E-state index in [1.807, 2.05) is 19.6 Å². The first-order chi connectivity index (χ1) is 11.3. The van der Waals surface area contributed by atoms with Crippen molar-refractivity contribution in [3.8, 4) is 0 Å². The molecule has 1 aromatic carbocycles. The highest BCUT2D eigenvalue weighted by atomic mass is 28.4. The number of carbonyl (C=O) groups excluding carboxylic acids is 2. The van der Waals surface area contributed by atoms with Crippen LogP contribution in [0.15, 0.2) is 24.3 Å². The molecule has 1 atom stereocenters. The lowest BCUT2D eigenvalue weighted by Crippen LogP contribution is -2.29. The standard InChI is InChI=1S/C19H30O4Si/c1-6-8-10-15(7-2)14-22-18(20)16-11-9-12-17(13-16)19(21)23-24(3,4)5/h9,11-13,15H,6-8,10,14H2,1-5H3. The number of carbonyl (C=O) groups is 2. The molecule has 0 N–H and O–H groups in total. The van der Waals surface area contributed by atoms with Gasteiger partial charge in [-0.1, -0.05) is 39.2 Å². The molecular formula is C19H30O4Si. The van der Waals surface area contributed by atoms with Crippen molar-refractivity contribution in [1.82, 2.24) is 0 Å². The van der Waals surface area contributed by atoms with Crippen LogP contribution in [-0.2, 0) is 9.16 Å². The number of benzene rings is 1. The van der Waals surface area contributed by atoms with Gasteiger partial charge >= 0.3 is 11.9 Å². The Morgan fingerprint density at radius 3 is 2.25 bits per heavy atom. The summed E-state index contributed by atoms with van der Waals surface area (Å²) in [5.41, 5.74) is 0.787. The molecule has 0 aliphatic carbocycles. The Balaban J connectivity index is 2.68. The van der Waals surface area contributed by atoms with Crippen LogP contribution in [-0.4, -0.2) is 26.9 Å². The van der Waals surface area contributed by atoms with E-state index in [4.69, 9.17) is 9.16 Å². The van der Waals surface area contributed by atoms with Crippen molar-refractivity contribution in [1.29, 1.82) is 0 Å². The van der Waals surface area contributed by atoms with Crippen LogP contribution in [0, 0.1) is 5.92 Å². The first kappa shape index (κ1) is 20.4. The molecular weight excluding hydrogens is 320 g/mol. The van der Waals surface area contributed by atoms with Crippen LogP contribution in [0.2, 0.25) is 19.6 Å². The fourth-order valence-corrected chi connectivity index (χ4v) is 2.96. The van der Waals surface area contributed by atoms with Gasteiger partial charge in [0, 0.05) is 0 Å². The van der Waals surface area contributed by atoms with Crippen molar-refractivity contribution in [2.45, 2.75) is 59.2 Å². The van der Waals surface area contributed by atoms with E-state index >= 15 is 0 Å². The van der Waals surface area contributed by atoms with Gasteiger partial charge in [0.05, 0.1) is 17.7 Å². The third-order valence-corrected chi connectivity index (χ3v) is 4.52. The highest BCUT2D eigenvalue weighted by Gasteiger charge is 2.22. The summed E-state index contributed by atoms with van der Waals surface area (Å²) in [6.45, 7) is 10.5. The maximum Gasteiger partial charge on any atom is 0.338 e. The number of ether oxygens (including phenoxy) is 1. The Morgan fingerprint density at radius 1 is 1.08 bits per heavy atom. The van der Waals surface area contributed by atoms with Crippen molar-refractivity contribution in [3.63, 3.8) is 0 Å². The molecule has 1 aromatic rings. The molecule has 0 amide bonds. The van der Waals surface area contributed by atoms with E-state index in [1.165, 1.54) is 0 Å². The minimum Gasteiger partial charge on any atom is -0.516 e. The van der Waals surface area contributed by atoms with Gasteiger partial charge < -0.3 is 9.16 Å². The molecule has 0 aliphatic heterocycles. The maximum atomic E-state index is 12.2. The normalized spacial score (nSPS) is 12.5. The molecule has 24 heavy (non-hydrogen) atoms. The second-order valence-corrected chi connectivity index (χ2v) is 11.5. The number of unbranched alkanes of at least 4 members (excludes halogenated alkanes) is 1. The summed E-state index contributed by atoms with van der Waals surface area (Å²) in [5, 5.41) is 0. The molecule has 0 heterocycles. The smallest absolute Gasteiger partial charge is 0.338 e. The van der Waals surface area contributed by atoms with E-state index in [2.05, 4.69) is 13.8 Å². The van der Waals surface area contributed by atoms with Crippen molar-refractivity contribution in [2.24, 2.45) is 5.92 Å². The molecule has 0 fully saturated rings. The molecule has 134 valence electrons. The molecule has 1 unspecified atom stereocenters. The zero-order chi connectivity index (χ0) is 18.2. The number of rotatable bonds is 9. The highest BCUT2D eigenvalue weighted by molar-refractivity contribution is 6.71. The van der Waals surface area contributed by atoms with Crippen LogP contribution in [0.25, 0.3) is 0 Å². The molecule has 0 bridgehead atoms. The van der Waals surface area contributed by atoms with Gasteiger partial charge in [0.1, 0.15) is 0 Å². The number of hydrogen-bond donors (Lipinski definition) is 0. The summed E-state index contributed by atoms with van der Waals surface area (Å²) in [6, 6.07) is 6.57. The number of esters is 1. The largest absolute Gasteiger partial charge is 0.516 e. The second kappa shape index (κ2) is 9.62. The topological polar surface area (TPSA) is 52.6 Å². The van der Waals surface area contributed by atoms with Gasteiger partial charge in [-0.05, 0) is 50.2 Å². The minimum absolute atomic E-state index is 0.377. The van der Waals surface area contributed by atoms with Crippen LogP contribution < -0.4 is 0 Å². The summed E-state index contributed by atoms with van der Waals surface area (Å²) >= 11 is 0. The van der Waals surface area contributed by atoms with Gasteiger partial charge in [-0.25, -0.2) is 9.59 Å². The van der Waals surface area contributed by atoms with Crippen molar-refractivity contribution in [2.75, 3.05) is 6.61 Å². The number of hydrogen-bond acceptors (Lipinski definition) is 4. The van der Waals surface area contributed by atoms with Crippen LogP contribution in [0.3, 0.4) is 0 Å². The highest BCUT2D eigenvalue weighted by Crippen LogP contribution is 2.15. The SMILES string of the molecule is CCCCC(CC)COC(=O)c1cccc(C(=O)O[Si](C)(C)C)c1. The molecule has 0 spiro atoms. The Morgan fingerprint density at radius 2 is 1.71 bits per heavy atom. The van der Waals surface area contributed by atoms with Crippen LogP contribution in [0.4, 0.5) is 0 Å². The van der Waals surface area contributed by atoms with Crippen LogP contribution in [0.1, 0.15) is 60.2 Å². The predicted octanol–water partition coefficient (Wildman–Crippen LogP) is 5.05. The molecule has 0 radical (unpaired) electrons. The average Bonchev–Trinajstić information content (AvgIpc) is 2.53. The minimum atomic E-state index is -1.96. The molecule has 0 aliphatic rings. The summed E-state index contributed by atoms with van der Waals surface area (Å²) in [5.74, 6) is -0.361. The Kier molecular flexibility index (Phi) is 8.18. The summed E-state index contributed by atoms with van der Waals surface area (Å²) in [7, 11) is -1.96. The molecule has 5 heteroatoms. The van der Waals surface area contributed by atoms with E-state index in [0.717, 1.165) is 25.7 Å². The second-order valence-electron chi connectivity index (χ2n) is 7.10. The Labute approximate surface area is 146 Å². The lowest BCUT2D eigenvalue weighted by molar-refractivity contribution is 0.0428. The van der Waals surface area contributed by atoms with E-state index in [1.54, 1.807) is 24.3 Å². The third kappa shape index (κ3) is 7.30. The zero-order valence-corrected chi connectivity index (χ0v) is 16.6. The van der Waals surface area contributed by atoms with Crippen LogP contribution >= 0.6 is 0 Å². The first-order valence-electron chi connectivity index (χ1n) is 8.77. The Bertz CT molecular complexity index is 549. The van der Waals surface area contributed by atoms with Gasteiger partial charge in [0.15, 0.2) is 0 Å². The average molecular weight is 351 g/mol. The molecule has 0 aromatic heterocycles. The Hall–Kier alpha value is -1.62. The van der Waals surface area contributed by atoms with Crippen molar-refractivity contribution in [3.05, 3.63) is 35.4 Å². The van der Waals surface area contributed by atoms with Gasteiger partial charge in [-0.3, -0.25) is 0 Å². The fourth-order valence-electron chi connectivity index (χ4n) is 2.29. The molecule has 1 rings (SSSR count). The maximum absolute atomic E-state index is 12.2. The lowest BCUT2D eigenvalue weighted by atomic mass is 10.0. The first-order valence-corrected chi connectivity index (χ1v) is 12.2. The van der Waals surface area contributed by atoms with Gasteiger partial charge in [-0.2, -0.15) is 0 Å². The van der Waals surface area contributed by atoms with E-state index in [-0.39, 0.29) is 11.9 Å². The fraction of sp³-hybridized carbons (Fsp3) is 0.579. The molecule has 0 saturated heterocycles. The van der Waals surface area contributed by atoms with E-state index in [0.29, 0.717) is 23.7 Å². The van der Waals surface area contributed by atoms with Crippen molar-refractivity contribution >= 4 is 20.3 Å². The summed E-state index contributed by atoms with van der Waals surface area (Å²) in [4.78, 5) is 24.4. The van der Waals surface area contributed by atoms with Gasteiger partial charge in [0.2, 0.25) is 8.32 Å². The van der Waals surface area contributed by atoms with Crippen LogP contribution in [0.5, 0.6) is 0 Å². The zero-order valence-electron chi connectivity index (χ0n) is 15.6. The van der Waals surface area contributed by atoms with Crippen molar-refractivity contribution < 1.29 is 18.8 Å². The molecule has 4 nitrogen and oxygen atoms in total. The predicted molar refractivity (Wildman–Crippen MR) is 98.8 cm³/mol. The van der Waals surface area contributed by atoms with E-state index < -0.39 is 8.32 Å². The van der Waals surface area contributed by atoms with Gasteiger partial charge in [-0.15, -0.1) is 0 Å². The third-order valence-electron chi connectivity index (χ3n) is 3.73. The quantitative estimate of drug-likeness (QED) is 0.462. The summed E-state index contributed by atoms with van der Waals surface area (Å²) < 4.78 is 10.9. The van der Waals surface area contributed by atoms with E-state index in [9.17, 15) is 9.59 Å². The molecule has 0 saturated carbocycles. The monoisotopic (exact) mass is 350 g/mol. The lowest BCUT2D eigenvalue weighted by Gasteiger charge is -2.17. The summed E-state index contributed by atoms with van der Waals surface area (Å²) in [6.07, 6.45) is 4.36. The van der Waals surface area contributed by atoms with Gasteiger partial charge in [0.25, 0.3) is 0 Å².